The molecule has 2 heterocycles. The molecule has 0 aliphatic carbocycles. The van der Waals surface area contributed by atoms with Gasteiger partial charge in [0.2, 0.25) is 0 Å². The Morgan fingerprint density at radius 2 is 2.12 bits per heavy atom. The van der Waals surface area contributed by atoms with Crippen LogP contribution >= 0.6 is 11.3 Å². The molecule has 0 fully saturated rings. The maximum atomic E-state index is 12.2. The van der Waals surface area contributed by atoms with Gasteiger partial charge in [-0.15, -0.1) is 11.3 Å². The van der Waals surface area contributed by atoms with E-state index < -0.39 is 5.91 Å². The number of rotatable bonds is 5. The average Bonchev–Trinajstić information content (AvgIpc) is 3.08. The molecule has 1 aromatic carbocycles. The van der Waals surface area contributed by atoms with Crippen LogP contribution in [-0.4, -0.2) is 28.0 Å². The number of aromatic amines is 1. The Balaban J connectivity index is 1.80. The highest BCUT2D eigenvalue weighted by Crippen LogP contribution is 2.14. The predicted octanol–water partition coefficient (Wildman–Crippen LogP) is 2.08. The number of carbonyl (C=O) groups excluding carboxylic acids is 1. The number of methoxy groups -OCH3 is 1. The summed E-state index contributed by atoms with van der Waals surface area (Å²) in [6.07, 6.45) is 1.98. The van der Waals surface area contributed by atoms with Crippen LogP contribution in [-0.2, 0) is 6.42 Å². The van der Waals surface area contributed by atoms with Gasteiger partial charge in [-0.05, 0) is 17.7 Å². The fourth-order valence-electron chi connectivity index (χ4n) is 2.09. The molecular formula is C16H14N4O3S. The van der Waals surface area contributed by atoms with Crippen molar-refractivity contribution in [2.45, 2.75) is 6.42 Å². The zero-order valence-electron chi connectivity index (χ0n) is 12.8. The van der Waals surface area contributed by atoms with Gasteiger partial charge >= 0.3 is 0 Å². The first kappa shape index (κ1) is 15.9. The Labute approximate surface area is 141 Å². The van der Waals surface area contributed by atoms with E-state index >= 15 is 0 Å². The first-order chi connectivity index (χ1) is 11.6. The molecule has 7 nitrogen and oxygen atoms in total. The number of hydrogen-bond donors (Lipinski definition) is 2. The number of nitrogens with one attached hydrogen (secondary N) is 2. The Kier molecular flexibility index (Phi) is 4.66. The van der Waals surface area contributed by atoms with E-state index in [1.165, 1.54) is 17.4 Å². The largest absolute Gasteiger partial charge is 0.497 e. The van der Waals surface area contributed by atoms with Crippen LogP contribution in [0, 0.1) is 0 Å². The van der Waals surface area contributed by atoms with Crippen molar-refractivity contribution in [2.75, 3.05) is 12.4 Å². The van der Waals surface area contributed by atoms with Crippen LogP contribution in [0.5, 0.6) is 5.75 Å². The van der Waals surface area contributed by atoms with Gasteiger partial charge in [0.05, 0.1) is 7.11 Å². The normalized spacial score (nSPS) is 10.4. The molecule has 0 radical (unpaired) electrons. The van der Waals surface area contributed by atoms with Gasteiger partial charge in [0, 0.05) is 24.1 Å². The predicted molar refractivity (Wildman–Crippen MR) is 90.7 cm³/mol. The van der Waals surface area contributed by atoms with E-state index in [9.17, 15) is 9.59 Å². The maximum Gasteiger partial charge on any atom is 0.276 e. The molecular weight excluding hydrogens is 328 g/mol. The molecule has 0 saturated heterocycles. The molecule has 3 aromatic rings. The van der Waals surface area contributed by atoms with Gasteiger partial charge in [-0.2, -0.15) is 0 Å². The van der Waals surface area contributed by atoms with Crippen molar-refractivity contribution < 1.29 is 9.53 Å². The van der Waals surface area contributed by atoms with Crippen LogP contribution in [0.4, 0.5) is 5.13 Å². The SMILES string of the molecule is COc1ccc(Cc2nc(C(=O)Nc3nccs3)cc(=O)[nH]2)cc1. The minimum atomic E-state index is -0.466. The van der Waals surface area contributed by atoms with Gasteiger partial charge in [-0.3, -0.25) is 14.9 Å². The second-order valence-electron chi connectivity index (χ2n) is 4.89. The third-order valence-electron chi connectivity index (χ3n) is 3.21. The van der Waals surface area contributed by atoms with Crippen molar-refractivity contribution in [1.82, 2.24) is 15.0 Å². The fourth-order valence-corrected chi connectivity index (χ4v) is 2.62. The standard InChI is InChI=1S/C16H14N4O3S/c1-23-11-4-2-10(3-5-11)8-13-18-12(9-14(21)19-13)15(22)20-16-17-6-7-24-16/h2-7,9H,8H2,1H3,(H,17,20,22)(H,18,19,21). The monoisotopic (exact) mass is 342 g/mol. The summed E-state index contributed by atoms with van der Waals surface area (Å²) in [5, 5.41) is 4.81. The molecule has 0 atom stereocenters. The van der Waals surface area contributed by atoms with Crippen LogP contribution in [0.25, 0.3) is 0 Å². The van der Waals surface area contributed by atoms with Gasteiger partial charge in [-0.1, -0.05) is 12.1 Å². The van der Waals surface area contributed by atoms with Crippen LogP contribution in [0.1, 0.15) is 21.9 Å². The zero-order valence-corrected chi connectivity index (χ0v) is 13.6. The molecule has 24 heavy (non-hydrogen) atoms. The molecule has 3 rings (SSSR count). The lowest BCUT2D eigenvalue weighted by atomic mass is 10.1. The minimum absolute atomic E-state index is 0.0532. The van der Waals surface area contributed by atoms with Crippen molar-refractivity contribution in [3.05, 3.63) is 69.3 Å². The molecule has 0 saturated carbocycles. The highest BCUT2D eigenvalue weighted by Gasteiger charge is 2.12. The maximum absolute atomic E-state index is 12.2. The van der Waals surface area contributed by atoms with Gasteiger partial charge in [-0.25, -0.2) is 9.97 Å². The lowest BCUT2D eigenvalue weighted by molar-refractivity contribution is 0.102. The summed E-state index contributed by atoms with van der Waals surface area (Å²) < 4.78 is 5.11. The van der Waals surface area contributed by atoms with E-state index in [2.05, 4.69) is 20.3 Å². The molecule has 0 unspecified atom stereocenters. The van der Waals surface area contributed by atoms with E-state index in [0.717, 1.165) is 11.3 Å². The summed E-state index contributed by atoms with van der Waals surface area (Å²) in [6, 6.07) is 8.57. The number of amides is 1. The minimum Gasteiger partial charge on any atom is -0.497 e. The Bertz CT molecular complexity index is 888. The second-order valence-corrected chi connectivity index (χ2v) is 5.79. The Hall–Kier alpha value is -3.00. The first-order valence-electron chi connectivity index (χ1n) is 7.08. The van der Waals surface area contributed by atoms with Gasteiger partial charge in [0.15, 0.2) is 5.13 Å². The Morgan fingerprint density at radius 3 is 2.79 bits per heavy atom. The summed E-state index contributed by atoms with van der Waals surface area (Å²) in [7, 11) is 1.60. The average molecular weight is 342 g/mol. The van der Waals surface area contributed by atoms with Crippen molar-refractivity contribution in [1.29, 1.82) is 0 Å². The van der Waals surface area contributed by atoms with Crippen LogP contribution < -0.4 is 15.6 Å². The number of ether oxygens (including phenoxy) is 1. The number of hydrogen-bond acceptors (Lipinski definition) is 6. The van der Waals surface area contributed by atoms with Crippen molar-refractivity contribution in [2.24, 2.45) is 0 Å². The number of anilines is 1. The third-order valence-corrected chi connectivity index (χ3v) is 3.90. The van der Waals surface area contributed by atoms with Crippen molar-refractivity contribution in [3.8, 4) is 5.75 Å². The van der Waals surface area contributed by atoms with E-state index in [0.29, 0.717) is 17.4 Å². The van der Waals surface area contributed by atoms with Crippen molar-refractivity contribution in [3.63, 3.8) is 0 Å². The zero-order chi connectivity index (χ0) is 16.9. The molecule has 2 aromatic heterocycles. The second kappa shape index (κ2) is 7.05. The lowest BCUT2D eigenvalue weighted by Gasteiger charge is -2.05. The third kappa shape index (κ3) is 3.85. The molecule has 8 heteroatoms. The molecule has 0 bridgehead atoms. The molecule has 2 N–H and O–H groups in total. The highest BCUT2D eigenvalue weighted by atomic mass is 32.1. The smallest absolute Gasteiger partial charge is 0.276 e. The summed E-state index contributed by atoms with van der Waals surface area (Å²) in [6.45, 7) is 0. The number of nitrogens with zero attached hydrogens (tertiary/aromatic N) is 2. The topological polar surface area (TPSA) is 97.0 Å². The molecule has 122 valence electrons. The van der Waals surface area contributed by atoms with Gasteiger partial charge in [0.1, 0.15) is 17.3 Å². The molecule has 0 aliphatic rings. The number of H-pyrrole nitrogens is 1. The fraction of sp³-hybridized carbons (Fsp3) is 0.125. The molecule has 1 amide bonds. The van der Waals surface area contributed by atoms with E-state index in [1.807, 2.05) is 24.3 Å². The lowest BCUT2D eigenvalue weighted by Crippen LogP contribution is -2.20. The summed E-state index contributed by atoms with van der Waals surface area (Å²) >= 11 is 1.29. The van der Waals surface area contributed by atoms with Crippen molar-refractivity contribution >= 4 is 22.4 Å². The summed E-state index contributed by atoms with van der Waals surface area (Å²) in [4.78, 5) is 34.8. The molecule has 0 aliphatic heterocycles. The summed E-state index contributed by atoms with van der Waals surface area (Å²) in [5.74, 6) is 0.695. The van der Waals surface area contributed by atoms with Crippen LogP contribution in [0.2, 0.25) is 0 Å². The number of aromatic nitrogens is 3. The van der Waals surface area contributed by atoms with Crippen LogP contribution in [0.15, 0.2) is 46.7 Å². The Morgan fingerprint density at radius 1 is 1.33 bits per heavy atom. The number of benzene rings is 1. The first-order valence-corrected chi connectivity index (χ1v) is 7.96. The van der Waals surface area contributed by atoms with Gasteiger partial charge < -0.3 is 9.72 Å². The van der Waals surface area contributed by atoms with E-state index in [1.54, 1.807) is 18.7 Å². The molecule has 0 spiro atoms. The number of carbonyl (C=O) groups is 1. The summed E-state index contributed by atoms with van der Waals surface area (Å²) in [5.41, 5.74) is 0.617. The van der Waals surface area contributed by atoms with Gasteiger partial charge in [0.25, 0.3) is 11.5 Å². The number of thiazole rings is 1. The van der Waals surface area contributed by atoms with E-state index in [-0.39, 0.29) is 11.3 Å². The highest BCUT2D eigenvalue weighted by molar-refractivity contribution is 7.13. The quantitative estimate of drug-likeness (QED) is 0.740. The van der Waals surface area contributed by atoms with Crippen LogP contribution in [0.3, 0.4) is 0 Å². The van der Waals surface area contributed by atoms with E-state index in [4.69, 9.17) is 4.74 Å².